The molecule has 2 N–H and O–H groups in total. The van der Waals surface area contributed by atoms with Gasteiger partial charge in [0.15, 0.2) is 0 Å². The maximum Gasteiger partial charge on any atom is 0.416 e. The van der Waals surface area contributed by atoms with Crippen molar-refractivity contribution in [2.45, 2.75) is 18.6 Å². The van der Waals surface area contributed by atoms with Gasteiger partial charge in [0.25, 0.3) is 0 Å². The van der Waals surface area contributed by atoms with Crippen molar-refractivity contribution in [1.29, 1.82) is 0 Å². The molecule has 0 amide bonds. The summed E-state index contributed by atoms with van der Waals surface area (Å²) in [5, 5.41) is 0. The van der Waals surface area contributed by atoms with Crippen LogP contribution in [0.15, 0.2) is 46.9 Å². The second-order valence-corrected chi connectivity index (χ2v) is 5.62. The van der Waals surface area contributed by atoms with E-state index in [0.717, 1.165) is 12.1 Å². The van der Waals surface area contributed by atoms with Gasteiger partial charge >= 0.3 is 6.18 Å². The summed E-state index contributed by atoms with van der Waals surface area (Å²) < 4.78 is 51.3. The first-order valence-electron chi connectivity index (χ1n) is 6.13. The number of hydrogen-bond acceptors (Lipinski definition) is 1. The number of alkyl halides is 3. The van der Waals surface area contributed by atoms with Gasteiger partial charge in [-0.25, -0.2) is 4.39 Å². The van der Waals surface area contributed by atoms with Gasteiger partial charge in [-0.3, -0.25) is 0 Å². The Kier molecular flexibility index (Phi) is 4.68. The monoisotopic (exact) mass is 361 g/mol. The number of benzene rings is 2. The van der Waals surface area contributed by atoms with Crippen LogP contribution in [0.5, 0.6) is 0 Å². The summed E-state index contributed by atoms with van der Waals surface area (Å²) in [5.41, 5.74) is 6.50. The summed E-state index contributed by atoms with van der Waals surface area (Å²) in [5.74, 6) is -0.390. The molecule has 2 aromatic rings. The maximum atomic E-state index is 13.3. The zero-order valence-electron chi connectivity index (χ0n) is 10.8. The van der Waals surface area contributed by atoms with E-state index >= 15 is 0 Å². The third kappa shape index (κ3) is 4.28. The Hall–Kier alpha value is -1.40. The molecule has 6 heteroatoms. The van der Waals surface area contributed by atoms with Crippen LogP contribution in [0.4, 0.5) is 17.6 Å². The molecule has 1 nitrogen and oxygen atoms in total. The fourth-order valence-electron chi connectivity index (χ4n) is 2.02. The van der Waals surface area contributed by atoms with Gasteiger partial charge < -0.3 is 5.73 Å². The van der Waals surface area contributed by atoms with E-state index in [1.807, 2.05) is 0 Å². The first-order chi connectivity index (χ1) is 9.75. The van der Waals surface area contributed by atoms with E-state index < -0.39 is 17.8 Å². The van der Waals surface area contributed by atoms with E-state index in [0.29, 0.717) is 22.0 Å². The molecule has 0 spiro atoms. The highest BCUT2D eigenvalue weighted by Crippen LogP contribution is 2.30. The Morgan fingerprint density at radius 2 is 1.67 bits per heavy atom. The highest BCUT2D eigenvalue weighted by Gasteiger charge is 2.30. The lowest BCUT2D eigenvalue weighted by molar-refractivity contribution is -0.137. The highest BCUT2D eigenvalue weighted by molar-refractivity contribution is 9.10. The van der Waals surface area contributed by atoms with E-state index in [1.54, 1.807) is 6.07 Å². The van der Waals surface area contributed by atoms with Gasteiger partial charge in [0.2, 0.25) is 0 Å². The minimum absolute atomic E-state index is 0.335. The quantitative estimate of drug-likeness (QED) is 0.777. The van der Waals surface area contributed by atoms with Crippen molar-refractivity contribution >= 4 is 15.9 Å². The van der Waals surface area contributed by atoms with Gasteiger partial charge in [-0.05, 0) is 47.9 Å². The first kappa shape index (κ1) is 16.0. The Balaban J connectivity index is 2.15. The van der Waals surface area contributed by atoms with Crippen molar-refractivity contribution in [3.8, 4) is 0 Å². The molecule has 0 aliphatic rings. The van der Waals surface area contributed by atoms with Crippen LogP contribution in [-0.4, -0.2) is 0 Å². The Morgan fingerprint density at radius 3 is 2.19 bits per heavy atom. The van der Waals surface area contributed by atoms with Gasteiger partial charge in [-0.15, -0.1) is 0 Å². The Morgan fingerprint density at radius 1 is 1.05 bits per heavy atom. The molecule has 1 unspecified atom stereocenters. The van der Waals surface area contributed by atoms with Crippen LogP contribution in [0.1, 0.15) is 22.7 Å². The molecule has 0 aliphatic heterocycles. The minimum Gasteiger partial charge on any atom is -0.324 e. The third-order valence-corrected chi connectivity index (χ3v) is 3.50. The maximum absolute atomic E-state index is 13.3. The lowest BCUT2D eigenvalue weighted by Crippen LogP contribution is -2.14. The van der Waals surface area contributed by atoms with Crippen molar-refractivity contribution in [3.05, 3.63) is 69.4 Å². The average molecular weight is 362 g/mol. The third-order valence-electron chi connectivity index (χ3n) is 3.04. The minimum atomic E-state index is -4.37. The number of halogens is 5. The molecule has 0 radical (unpaired) electrons. The molecule has 1 atom stereocenters. The van der Waals surface area contributed by atoms with Crippen LogP contribution in [0, 0.1) is 5.82 Å². The van der Waals surface area contributed by atoms with Gasteiger partial charge in [-0.2, -0.15) is 13.2 Å². The van der Waals surface area contributed by atoms with Crippen LogP contribution in [0.25, 0.3) is 0 Å². The topological polar surface area (TPSA) is 26.0 Å². The van der Waals surface area contributed by atoms with Gasteiger partial charge in [0.1, 0.15) is 5.82 Å². The predicted molar refractivity (Wildman–Crippen MR) is 76.2 cm³/mol. The summed E-state index contributed by atoms with van der Waals surface area (Å²) in [7, 11) is 0. The number of hydrogen-bond donors (Lipinski definition) is 1. The van der Waals surface area contributed by atoms with E-state index in [9.17, 15) is 17.6 Å². The summed E-state index contributed by atoms with van der Waals surface area (Å²) >= 11 is 3.18. The zero-order chi connectivity index (χ0) is 15.6. The molecule has 0 aliphatic carbocycles. The summed E-state index contributed by atoms with van der Waals surface area (Å²) in [6.07, 6.45) is -4.03. The molecule has 2 rings (SSSR count). The van der Waals surface area contributed by atoms with Crippen molar-refractivity contribution in [3.63, 3.8) is 0 Å². The highest BCUT2D eigenvalue weighted by atomic mass is 79.9. The SMILES string of the molecule is NC(Cc1cc(F)cc(Br)c1)c1ccc(C(F)(F)F)cc1. The molecule has 0 bridgehead atoms. The van der Waals surface area contributed by atoms with Crippen LogP contribution in [0.3, 0.4) is 0 Å². The molecule has 0 aromatic heterocycles. The fourth-order valence-corrected chi connectivity index (χ4v) is 2.53. The van der Waals surface area contributed by atoms with Crippen molar-refractivity contribution in [1.82, 2.24) is 0 Å². The lowest BCUT2D eigenvalue weighted by atomic mass is 9.98. The first-order valence-corrected chi connectivity index (χ1v) is 6.93. The lowest BCUT2D eigenvalue weighted by Gasteiger charge is -2.14. The van der Waals surface area contributed by atoms with E-state index in [-0.39, 0.29) is 5.82 Å². The smallest absolute Gasteiger partial charge is 0.324 e. The molecule has 0 saturated carbocycles. The standard InChI is InChI=1S/C15H12BrF4N/c16-12-5-9(6-13(17)8-12)7-14(21)10-1-3-11(4-2-10)15(18,19)20/h1-6,8,14H,7,21H2. The van der Waals surface area contributed by atoms with E-state index in [4.69, 9.17) is 5.73 Å². The summed E-state index contributed by atoms with van der Waals surface area (Å²) in [4.78, 5) is 0. The van der Waals surface area contributed by atoms with Gasteiger partial charge in [0.05, 0.1) is 5.56 Å². The van der Waals surface area contributed by atoms with E-state index in [1.165, 1.54) is 24.3 Å². The molecule has 112 valence electrons. The van der Waals surface area contributed by atoms with Crippen LogP contribution in [0.2, 0.25) is 0 Å². The Labute approximate surface area is 127 Å². The number of rotatable bonds is 3. The average Bonchev–Trinajstić information content (AvgIpc) is 2.36. The van der Waals surface area contributed by atoms with Crippen molar-refractivity contribution in [2.24, 2.45) is 5.73 Å². The zero-order valence-corrected chi connectivity index (χ0v) is 12.4. The second kappa shape index (κ2) is 6.15. The predicted octanol–water partition coefficient (Wildman–Crippen LogP) is 4.85. The molecular formula is C15H12BrF4N. The molecular weight excluding hydrogens is 350 g/mol. The van der Waals surface area contributed by atoms with Crippen LogP contribution in [-0.2, 0) is 12.6 Å². The second-order valence-electron chi connectivity index (χ2n) is 4.71. The molecule has 0 heterocycles. The Bertz CT molecular complexity index is 602. The van der Waals surface area contributed by atoms with E-state index in [2.05, 4.69) is 15.9 Å². The van der Waals surface area contributed by atoms with Crippen molar-refractivity contribution in [2.75, 3.05) is 0 Å². The van der Waals surface area contributed by atoms with Crippen LogP contribution >= 0.6 is 15.9 Å². The molecule has 2 aromatic carbocycles. The summed E-state index contributed by atoms with van der Waals surface area (Å²) in [6.45, 7) is 0. The largest absolute Gasteiger partial charge is 0.416 e. The number of nitrogens with two attached hydrogens (primary N) is 1. The van der Waals surface area contributed by atoms with Gasteiger partial charge in [-0.1, -0.05) is 28.1 Å². The molecule has 21 heavy (non-hydrogen) atoms. The van der Waals surface area contributed by atoms with Crippen molar-refractivity contribution < 1.29 is 17.6 Å². The van der Waals surface area contributed by atoms with Crippen LogP contribution < -0.4 is 5.73 Å². The van der Waals surface area contributed by atoms with Gasteiger partial charge in [0, 0.05) is 10.5 Å². The fraction of sp³-hybridized carbons (Fsp3) is 0.200. The normalized spacial score (nSPS) is 13.2. The summed E-state index contributed by atoms with van der Waals surface area (Å²) in [6, 6.07) is 8.60. The molecule has 0 saturated heterocycles. The molecule has 0 fully saturated rings.